The number of amides is 2. The lowest BCUT2D eigenvalue weighted by Gasteiger charge is -2.12. The fourth-order valence-corrected chi connectivity index (χ4v) is 2.18. The number of ketones is 1. The molecule has 1 aromatic carbocycles. The van der Waals surface area contributed by atoms with Gasteiger partial charge in [-0.2, -0.15) is 0 Å². The number of carbonyl (C=O) groups excluding carboxylic acids is 3. The third-order valence-electron chi connectivity index (χ3n) is 3.27. The molecule has 0 bridgehead atoms. The minimum Gasteiger partial charge on any atom is -0.292 e. The van der Waals surface area contributed by atoms with Crippen LogP contribution in [0.1, 0.15) is 42.1 Å². The molecule has 0 unspecified atom stereocenters. The maximum Gasteiger partial charge on any atom is 0.230 e. The lowest BCUT2D eigenvalue weighted by Crippen LogP contribution is -2.34. The summed E-state index contributed by atoms with van der Waals surface area (Å²) in [6.45, 7) is 1.97. The Labute approximate surface area is 112 Å². The van der Waals surface area contributed by atoms with Crippen molar-refractivity contribution in [3.05, 3.63) is 35.4 Å². The summed E-state index contributed by atoms with van der Waals surface area (Å²) in [7, 11) is 0. The molecule has 0 saturated carbocycles. The predicted octanol–water partition coefficient (Wildman–Crippen LogP) is 1.97. The highest BCUT2D eigenvalue weighted by Gasteiger charge is 2.30. The molecule has 0 N–H and O–H groups in total. The second-order valence-corrected chi connectivity index (χ2v) is 4.74. The molecule has 2 amide bonds. The Hall–Kier alpha value is -1.97. The number of benzene rings is 1. The van der Waals surface area contributed by atoms with E-state index in [1.165, 1.54) is 5.56 Å². The molecule has 1 saturated heterocycles. The van der Waals surface area contributed by atoms with E-state index in [0.717, 1.165) is 17.7 Å². The largest absolute Gasteiger partial charge is 0.292 e. The number of nitrogens with zero attached hydrogens (tertiary/aromatic N) is 1. The Kier molecular flexibility index (Phi) is 4.10. The smallest absolute Gasteiger partial charge is 0.230 e. The van der Waals surface area contributed by atoms with E-state index in [1.54, 1.807) is 12.1 Å². The van der Waals surface area contributed by atoms with Crippen LogP contribution in [0.3, 0.4) is 0 Å². The van der Waals surface area contributed by atoms with Gasteiger partial charge in [-0.3, -0.25) is 19.3 Å². The first-order valence-corrected chi connectivity index (χ1v) is 6.57. The molecule has 1 aliphatic heterocycles. The van der Waals surface area contributed by atoms with Crippen LogP contribution in [-0.2, 0) is 16.0 Å². The van der Waals surface area contributed by atoms with Crippen LogP contribution < -0.4 is 0 Å². The van der Waals surface area contributed by atoms with Gasteiger partial charge in [0.05, 0.1) is 6.54 Å². The molecule has 1 aliphatic rings. The van der Waals surface area contributed by atoms with Crippen molar-refractivity contribution >= 4 is 17.6 Å². The van der Waals surface area contributed by atoms with Crippen LogP contribution >= 0.6 is 0 Å². The molecule has 0 aromatic heterocycles. The second kappa shape index (κ2) is 5.78. The minimum absolute atomic E-state index is 0.134. The highest BCUT2D eigenvalue weighted by Crippen LogP contribution is 2.13. The molecule has 1 heterocycles. The Morgan fingerprint density at radius 2 is 1.68 bits per heavy atom. The van der Waals surface area contributed by atoms with Gasteiger partial charge in [0.15, 0.2) is 5.78 Å². The van der Waals surface area contributed by atoms with E-state index in [0.29, 0.717) is 5.56 Å². The summed E-state index contributed by atoms with van der Waals surface area (Å²) in [4.78, 5) is 36.0. The fraction of sp³-hybridized carbons (Fsp3) is 0.400. The summed E-state index contributed by atoms with van der Waals surface area (Å²) in [6.07, 6.45) is 2.49. The van der Waals surface area contributed by atoms with Crippen molar-refractivity contribution in [2.24, 2.45) is 0 Å². The first-order valence-electron chi connectivity index (χ1n) is 6.57. The summed E-state index contributed by atoms with van der Waals surface area (Å²) >= 11 is 0. The molecule has 0 radical (unpaired) electrons. The van der Waals surface area contributed by atoms with Crippen LogP contribution in [0.4, 0.5) is 0 Å². The van der Waals surface area contributed by atoms with Crippen LogP contribution in [0.15, 0.2) is 24.3 Å². The molecule has 4 nitrogen and oxygen atoms in total. The Bertz CT molecular complexity index is 489. The summed E-state index contributed by atoms with van der Waals surface area (Å²) in [6, 6.07) is 7.37. The summed E-state index contributed by atoms with van der Waals surface area (Å²) in [5, 5.41) is 0. The Morgan fingerprint density at radius 1 is 1.11 bits per heavy atom. The van der Waals surface area contributed by atoms with E-state index < -0.39 is 0 Å². The summed E-state index contributed by atoms with van der Waals surface area (Å²) in [5.41, 5.74) is 1.74. The van der Waals surface area contributed by atoms with Crippen LogP contribution in [0, 0.1) is 0 Å². The van der Waals surface area contributed by atoms with Crippen LogP contribution in [0.25, 0.3) is 0 Å². The van der Waals surface area contributed by atoms with Crippen LogP contribution in [-0.4, -0.2) is 29.0 Å². The van der Waals surface area contributed by atoms with Gasteiger partial charge in [-0.05, 0) is 12.0 Å². The van der Waals surface area contributed by atoms with Crippen molar-refractivity contribution in [1.82, 2.24) is 4.90 Å². The van der Waals surface area contributed by atoms with Crippen molar-refractivity contribution in [3.63, 3.8) is 0 Å². The van der Waals surface area contributed by atoms with Gasteiger partial charge in [-0.25, -0.2) is 0 Å². The molecule has 4 heteroatoms. The van der Waals surface area contributed by atoms with Crippen molar-refractivity contribution in [2.75, 3.05) is 6.54 Å². The highest BCUT2D eigenvalue weighted by atomic mass is 16.2. The molecule has 19 heavy (non-hydrogen) atoms. The zero-order chi connectivity index (χ0) is 13.8. The molecule has 0 atom stereocenters. The standard InChI is InChI=1S/C15H17NO3/c1-2-3-11-4-6-12(7-5-11)13(17)10-16-14(18)8-9-15(16)19/h4-7H,2-3,8-10H2,1H3. The van der Waals surface area contributed by atoms with Crippen molar-refractivity contribution in [3.8, 4) is 0 Å². The van der Waals surface area contributed by atoms with Crippen molar-refractivity contribution < 1.29 is 14.4 Å². The molecule has 1 aromatic rings. The number of hydrogen-bond acceptors (Lipinski definition) is 3. The van der Waals surface area contributed by atoms with E-state index >= 15 is 0 Å². The molecule has 0 aliphatic carbocycles. The molecular weight excluding hydrogens is 242 g/mol. The summed E-state index contributed by atoms with van der Waals surface area (Å²) < 4.78 is 0. The average molecular weight is 259 g/mol. The van der Waals surface area contributed by atoms with Gasteiger partial charge in [0, 0.05) is 18.4 Å². The second-order valence-electron chi connectivity index (χ2n) is 4.74. The van der Waals surface area contributed by atoms with E-state index in [-0.39, 0.29) is 37.0 Å². The first kappa shape index (κ1) is 13.5. The lowest BCUT2D eigenvalue weighted by atomic mass is 10.1. The number of aryl methyl sites for hydroxylation is 1. The molecular formula is C15H17NO3. The topological polar surface area (TPSA) is 54.5 Å². The maximum atomic E-state index is 12.0. The SMILES string of the molecule is CCCc1ccc(C(=O)CN2C(=O)CCC2=O)cc1. The van der Waals surface area contributed by atoms with E-state index in [2.05, 4.69) is 6.92 Å². The number of carbonyl (C=O) groups is 3. The van der Waals surface area contributed by atoms with Gasteiger partial charge in [-0.15, -0.1) is 0 Å². The molecule has 2 rings (SSSR count). The third-order valence-corrected chi connectivity index (χ3v) is 3.27. The number of likely N-dealkylation sites (tertiary alicyclic amines) is 1. The van der Waals surface area contributed by atoms with E-state index in [1.807, 2.05) is 12.1 Å². The maximum absolute atomic E-state index is 12.0. The quantitative estimate of drug-likeness (QED) is 0.600. The zero-order valence-electron chi connectivity index (χ0n) is 11.0. The number of rotatable bonds is 5. The number of hydrogen-bond donors (Lipinski definition) is 0. The van der Waals surface area contributed by atoms with Gasteiger partial charge < -0.3 is 0 Å². The third kappa shape index (κ3) is 3.08. The molecule has 0 spiro atoms. The number of imide groups is 1. The first-order chi connectivity index (χ1) is 9.11. The lowest BCUT2D eigenvalue weighted by molar-refractivity contribution is -0.137. The molecule has 100 valence electrons. The molecule has 1 fully saturated rings. The van der Waals surface area contributed by atoms with E-state index in [4.69, 9.17) is 0 Å². The van der Waals surface area contributed by atoms with Crippen LogP contribution in [0.5, 0.6) is 0 Å². The van der Waals surface area contributed by atoms with Gasteiger partial charge in [0.25, 0.3) is 0 Å². The Balaban J connectivity index is 2.03. The van der Waals surface area contributed by atoms with Crippen molar-refractivity contribution in [1.29, 1.82) is 0 Å². The van der Waals surface area contributed by atoms with Gasteiger partial charge >= 0.3 is 0 Å². The Morgan fingerprint density at radius 3 is 2.21 bits per heavy atom. The zero-order valence-corrected chi connectivity index (χ0v) is 11.0. The fourth-order valence-electron chi connectivity index (χ4n) is 2.18. The summed E-state index contributed by atoms with van der Waals surface area (Å²) in [5.74, 6) is -0.687. The highest BCUT2D eigenvalue weighted by molar-refractivity contribution is 6.07. The predicted molar refractivity (Wildman–Crippen MR) is 70.7 cm³/mol. The van der Waals surface area contributed by atoms with Crippen LogP contribution in [0.2, 0.25) is 0 Å². The van der Waals surface area contributed by atoms with Gasteiger partial charge in [0.1, 0.15) is 0 Å². The van der Waals surface area contributed by atoms with Gasteiger partial charge in [0.2, 0.25) is 11.8 Å². The average Bonchev–Trinajstić information content (AvgIpc) is 2.72. The van der Waals surface area contributed by atoms with Crippen molar-refractivity contribution in [2.45, 2.75) is 32.6 Å². The van der Waals surface area contributed by atoms with Gasteiger partial charge in [-0.1, -0.05) is 37.6 Å². The number of Topliss-reactive ketones (excluding diaryl/α,β-unsaturated/α-hetero) is 1. The minimum atomic E-state index is -0.249. The normalized spacial score (nSPS) is 15.1. The van der Waals surface area contributed by atoms with E-state index in [9.17, 15) is 14.4 Å². The monoisotopic (exact) mass is 259 g/mol.